The number of aromatic amines is 2. The van der Waals surface area contributed by atoms with Gasteiger partial charge in [0.1, 0.15) is 5.56 Å². The number of nitrogens with one attached hydrogen (secondary N) is 2. The normalized spacial score (nSPS) is 10.4. The Morgan fingerprint density at radius 2 is 2.21 bits per heavy atom. The quantitative estimate of drug-likeness (QED) is 0.679. The Morgan fingerprint density at radius 1 is 1.43 bits per heavy atom. The molecule has 0 aliphatic rings. The summed E-state index contributed by atoms with van der Waals surface area (Å²) < 4.78 is 5.01. The molecule has 0 bridgehead atoms. The smallest absolute Gasteiger partial charge is 0.284 e. The lowest BCUT2D eigenvalue weighted by molar-refractivity contribution is 0.550. The molecular weight excluding hydrogens is 204 g/mol. The van der Waals surface area contributed by atoms with Crippen LogP contribution in [0, 0.1) is 11.8 Å². The van der Waals surface area contributed by atoms with Gasteiger partial charge in [-0.3, -0.25) is 4.79 Å². The Hall–Kier alpha value is -1.76. The molecule has 0 amide bonds. The molecular formula is C7H6N4O2S. The fraction of sp³-hybridized carbons (Fsp3) is 0.143. The average Bonchev–Trinajstić information content (AvgIpc) is 2.56. The van der Waals surface area contributed by atoms with Crippen LogP contribution in [-0.2, 0) is 0 Å². The predicted octanol–water partition coefficient (Wildman–Crippen LogP) is 0.791. The second-order valence-corrected chi connectivity index (χ2v) is 3.04. The molecule has 0 radical (unpaired) electrons. The fourth-order valence-electron chi connectivity index (χ4n) is 1.01. The van der Waals surface area contributed by atoms with E-state index in [-0.39, 0.29) is 16.3 Å². The topological polar surface area (TPSA) is 87.6 Å². The van der Waals surface area contributed by atoms with Gasteiger partial charge in [0.25, 0.3) is 16.3 Å². The first kappa shape index (κ1) is 8.82. The largest absolute Gasteiger partial charge is 0.409 e. The molecule has 72 valence electrons. The molecule has 2 aromatic rings. The predicted molar refractivity (Wildman–Crippen MR) is 50.3 cm³/mol. The van der Waals surface area contributed by atoms with Gasteiger partial charge in [-0.2, -0.15) is 5.10 Å². The summed E-state index contributed by atoms with van der Waals surface area (Å²) in [6, 6.07) is 1.58. The monoisotopic (exact) mass is 210 g/mol. The van der Waals surface area contributed by atoms with Crippen LogP contribution >= 0.6 is 12.2 Å². The van der Waals surface area contributed by atoms with Crippen molar-refractivity contribution < 1.29 is 4.42 Å². The van der Waals surface area contributed by atoms with Crippen LogP contribution in [0.25, 0.3) is 11.5 Å². The third-order valence-electron chi connectivity index (χ3n) is 1.60. The second kappa shape index (κ2) is 3.18. The van der Waals surface area contributed by atoms with Crippen LogP contribution in [-0.4, -0.2) is 20.4 Å². The molecule has 0 saturated heterocycles. The maximum absolute atomic E-state index is 11.3. The van der Waals surface area contributed by atoms with Gasteiger partial charge in [0.15, 0.2) is 0 Å². The molecule has 2 N–H and O–H groups in total. The number of aryl methyl sites for hydroxylation is 1. The lowest BCUT2D eigenvalue weighted by Gasteiger charge is -1.93. The zero-order valence-electron chi connectivity index (χ0n) is 7.20. The van der Waals surface area contributed by atoms with Crippen molar-refractivity contribution >= 4 is 12.2 Å². The van der Waals surface area contributed by atoms with E-state index < -0.39 is 0 Å². The summed E-state index contributed by atoms with van der Waals surface area (Å²) in [5.74, 6) is 0.168. The summed E-state index contributed by atoms with van der Waals surface area (Å²) in [5, 5.41) is 12.2. The molecule has 0 aliphatic heterocycles. The van der Waals surface area contributed by atoms with Crippen molar-refractivity contribution in [1.29, 1.82) is 0 Å². The second-order valence-electron chi connectivity index (χ2n) is 2.67. The lowest BCUT2D eigenvalue weighted by Crippen LogP contribution is -2.11. The molecule has 14 heavy (non-hydrogen) atoms. The minimum atomic E-state index is -0.360. The van der Waals surface area contributed by atoms with Crippen molar-refractivity contribution in [2.24, 2.45) is 0 Å². The van der Waals surface area contributed by atoms with Crippen molar-refractivity contribution in [2.45, 2.75) is 6.92 Å². The Kier molecular flexibility index (Phi) is 2.01. The summed E-state index contributed by atoms with van der Waals surface area (Å²) in [6.07, 6.45) is 0. The average molecular weight is 210 g/mol. The Bertz CT molecular complexity index is 567. The summed E-state index contributed by atoms with van der Waals surface area (Å²) in [4.78, 5) is 11.4. The minimum Gasteiger partial charge on any atom is -0.409 e. The van der Waals surface area contributed by atoms with E-state index in [4.69, 9.17) is 16.6 Å². The van der Waals surface area contributed by atoms with Crippen LogP contribution in [0.2, 0.25) is 0 Å². The Labute approximate surface area is 83.0 Å². The Balaban J connectivity index is 2.67. The number of aromatic nitrogens is 4. The molecule has 0 unspecified atom stereocenters. The highest BCUT2D eigenvalue weighted by Gasteiger charge is 2.09. The van der Waals surface area contributed by atoms with Gasteiger partial charge in [-0.1, -0.05) is 0 Å². The molecule has 0 saturated carbocycles. The van der Waals surface area contributed by atoms with Gasteiger partial charge in [-0.25, -0.2) is 10.2 Å². The minimum absolute atomic E-state index is 0.133. The third kappa shape index (κ3) is 1.49. The van der Waals surface area contributed by atoms with Crippen LogP contribution in [0.3, 0.4) is 0 Å². The number of hydrogen-bond acceptors (Lipinski definition) is 5. The third-order valence-corrected chi connectivity index (χ3v) is 1.77. The first-order valence-corrected chi connectivity index (χ1v) is 4.20. The van der Waals surface area contributed by atoms with Gasteiger partial charge in [0.05, 0.1) is 5.69 Å². The van der Waals surface area contributed by atoms with Gasteiger partial charge in [0.2, 0.25) is 0 Å². The van der Waals surface area contributed by atoms with E-state index in [9.17, 15) is 4.79 Å². The molecule has 0 aromatic carbocycles. The first-order valence-electron chi connectivity index (χ1n) is 3.79. The van der Waals surface area contributed by atoms with E-state index in [0.717, 1.165) is 0 Å². The van der Waals surface area contributed by atoms with Crippen molar-refractivity contribution in [1.82, 2.24) is 20.4 Å². The van der Waals surface area contributed by atoms with Gasteiger partial charge >= 0.3 is 0 Å². The molecule has 0 fully saturated rings. The Morgan fingerprint density at radius 3 is 2.86 bits per heavy atom. The number of rotatable bonds is 1. The standard InChI is InChI=1S/C7H6N4O2S/c1-3-2-4(5(12)9-8-3)6-10-11-7(14)13-6/h2H,1H3,(H,9,12)(H,11,14). The molecule has 6 nitrogen and oxygen atoms in total. The maximum Gasteiger partial charge on any atom is 0.284 e. The van der Waals surface area contributed by atoms with Crippen LogP contribution in [0.5, 0.6) is 0 Å². The van der Waals surface area contributed by atoms with Crippen LogP contribution < -0.4 is 5.56 Å². The van der Waals surface area contributed by atoms with Crippen molar-refractivity contribution in [3.8, 4) is 11.5 Å². The zero-order chi connectivity index (χ0) is 10.1. The van der Waals surface area contributed by atoms with Gasteiger partial charge in [-0.15, -0.1) is 5.10 Å². The van der Waals surface area contributed by atoms with Gasteiger partial charge in [0, 0.05) is 0 Å². The molecule has 7 heteroatoms. The molecule has 2 heterocycles. The number of H-pyrrole nitrogens is 2. The van der Waals surface area contributed by atoms with Crippen molar-refractivity contribution in [3.05, 3.63) is 27.0 Å². The molecule has 0 spiro atoms. The van der Waals surface area contributed by atoms with Crippen LogP contribution in [0.4, 0.5) is 0 Å². The molecule has 2 rings (SSSR count). The number of hydrogen-bond donors (Lipinski definition) is 2. The summed E-state index contributed by atoms with van der Waals surface area (Å²) in [7, 11) is 0. The summed E-state index contributed by atoms with van der Waals surface area (Å²) in [5.41, 5.74) is 0.620. The van der Waals surface area contributed by atoms with Gasteiger partial charge in [-0.05, 0) is 25.2 Å². The molecule has 0 aliphatic carbocycles. The summed E-state index contributed by atoms with van der Waals surface area (Å²) in [6.45, 7) is 1.75. The van der Waals surface area contributed by atoms with Crippen LogP contribution in [0.15, 0.2) is 15.3 Å². The fourth-order valence-corrected chi connectivity index (χ4v) is 1.13. The highest BCUT2D eigenvalue weighted by Crippen LogP contribution is 2.11. The van der Waals surface area contributed by atoms with E-state index >= 15 is 0 Å². The zero-order valence-corrected chi connectivity index (χ0v) is 8.01. The van der Waals surface area contributed by atoms with E-state index in [1.807, 2.05) is 0 Å². The highest BCUT2D eigenvalue weighted by atomic mass is 32.1. The molecule has 0 atom stereocenters. The molecule has 2 aromatic heterocycles. The van der Waals surface area contributed by atoms with E-state index in [0.29, 0.717) is 11.3 Å². The maximum atomic E-state index is 11.3. The first-order chi connectivity index (χ1) is 6.66. The van der Waals surface area contributed by atoms with Gasteiger partial charge < -0.3 is 4.42 Å². The highest BCUT2D eigenvalue weighted by molar-refractivity contribution is 7.71. The van der Waals surface area contributed by atoms with Crippen molar-refractivity contribution in [2.75, 3.05) is 0 Å². The van der Waals surface area contributed by atoms with E-state index in [1.165, 1.54) is 0 Å². The lowest BCUT2D eigenvalue weighted by atomic mass is 10.2. The summed E-state index contributed by atoms with van der Waals surface area (Å²) >= 11 is 4.70. The SMILES string of the molecule is Cc1cc(-c2n[nH]c(=S)o2)c(=O)[nH]n1. The van der Waals surface area contributed by atoms with Crippen molar-refractivity contribution in [3.63, 3.8) is 0 Å². The van der Waals surface area contributed by atoms with E-state index in [2.05, 4.69) is 20.4 Å². The van der Waals surface area contributed by atoms with Crippen LogP contribution in [0.1, 0.15) is 5.69 Å². The van der Waals surface area contributed by atoms with E-state index in [1.54, 1.807) is 13.0 Å². The number of nitrogens with zero attached hydrogens (tertiary/aromatic N) is 2.